The molecule has 8 heteroatoms. The molecule has 0 spiro atoms. The third-order valence-electron chi connectivity index (χ3n) is 4.82. The third-order valence-corrected chi connectivity index (χ3v) is 4.82. The van der Waals surface area contributed by atoms with Crippen LogP contribution in [0.5, 0.6) is 5.75 Å². The van der Waals surface area contributed by atoms with E-state index in [1.165, 1.54) is 0 Å². The maximum absolute atomic E-state index is 5.98. The van der Waals surface area contributed by atoms with Crippen molar-refractivity contribution >= 4 is 12.4 Å². The fraction of sp³-hybridized carbons (Fsp3) is 0.556. The fourth-order valence-corrected chi connectivity index (χ4v) is 3.30. The van der Waals surface area contributed by atoms with Crippen LogP contribution in [0.2, 0.25) is 0 Å². The summed E-state index contributed by atoms with van der Waals surface area (Å²) in [6.45, 7) is 4.15. The van der Waals surface area contributed by atoms with Crippen LogP contribution in [0, 0.1) is 0 Å². The summed E-state index contributed by atoms with van der Waals surface area (Å²) in [4.78, 5) is 6.87. The van der Waals surface area contributed by atoms with Crippen molar-refractivity contribution < 1.29 is 14.0 Å². The number of nitrogens with one attached hydrogen (secondary N) is 1. The van der Waals surface area contributed by atoms with Gasteiger partial charge in [-0.3, -0.25) is 4.90 Å². The Balaban J connectivity index is 0.00000196. The molecule has 0 radical (unpaired) electrons. The molecule has 1 aromatic carbocycles. The first kappa shape index (κ1) is 19.1. The zero-order valence-corrected chi connectivity index (χ0v) is 15.7. The second-order valence-electron chi connectivity index (χ2n) is 6.60. The molecule has 2 fully saturated rings. The molecular formula is C18H25ClN4O3. The van der Waals surface area contributed by atoms with E-state index in [9.17, 15) is 0 Å². The van der Waals surface area contributed by atoms with Crippen LogP contribution in [-0.2, 0) is 4.74 Å². The molecule has 2 aromatic rings. The molecule has 0 amide bonds. The predicted molar refractivity (Wildman–Crippen MR) is 99.7 cm³/mol. The lowest BCUT2D eigenvalue weighted by atomic mass is 10.2. The number of ether oxygens (including phenoxy) is 2. The summed E-state index contributed by atoms with van der Waals surface area (Å²) in [6.07, 6.45) is 2.33. The Morgan fingerprint density at radius 1 is 1.35 bits per heavy atom. The van der Waals surface area contributed by atoms with Crippen molar-refractivity contribution in [1.29, 1.82) is 0 Å². The standard InChI is InChI=1S/C18H24N4O3.ClH/c1-22-9-8-19-11-15(22)17-20-18(25-21-17)14-6-2-3-7-16(14)24-12-13-5-4-10-23-13;/h2-3,6-7,13,15,19H,4-5,8-12H2,1H3;1H. The summed E-state index contributed by atoms with van der Waals surface area (Å²) >= 11 is 0. The SMILES string of the molecule is CN1CCNCC1c1noc(-c2ccccc2OCC2CCCO2)n1.Cl. The number of benzene rings is 1. The van der Waals surface area contributed by atoms with E-state index in [4.69, 9.17) is 14.0 Å². The first-order valence-corrected chi connectivity index (χ1v) is 8.89. The Hall–Kier alpha value is -1.67. The van der Waals surface area contributed by atoms with Gasteiger partial charge in [-0.25, -0.2) is 0 Å². The number of nitrogens with zero attached hydrogens (tertiary/aromatic N) is 3. The van der Waals surface area contributed by atoms with E-state index >= 15 is 0 Å². The molecule has 142 valence electrons. The van der Waals surface area contributed by atoms with Crippen molar-refractivity contribution in [3.05, 3.63) is 30.1 Å². The molecule has 0 bridgehead atoms. The van der Waals surface area contributed by atoms with Gasteiger partial charge in [0, 0.05) is 26.2 Å². The summed E-state index contributed by atoms with van der Waals surface area (Å²) < 4.78 is 17.1. The third kappa shape index (κ3) is 4.17. The first-order valence-electron chi connectivity index (χ1n) is 8.89. The van der Waals surface area contributed by atoms with Crippen molar-refractivity contribution in [3.8, 4) is 17.2 Å². The Morgan fingerprint density at radius 2 is 2.23 bits per heavy atom. The van der Waals surface area contributed by atoms with E-state index < -0.39 is 0 Å². The lowest BCUT2D eigenvalue weighted by Crippen LogP contribution is -2.44. The van der Waals surface area contributed by atoms with Gasteiger partial charge in [-0.15, -0.1) is 12.4 Å². The number of para-hydroxylation sites is 1. The van der Waals surface area contributed by atoms with Gasteiger partial charge in [-0.05, 0) is 32.0 Å². The van der Waals surface area contributed by atoms with Crippen LogP contribution < -0.4 is 10.1 Å². The van der Waals surface area contributed by atoms with E-state index in [0.29, 0.717) is 18.3 Å². The molecule has 7 nitrogen and oxygen atoms in total. The van der Waals surface area contributed by atoms with E-state index in [1.807, 2.05) is 24.3 Å². The zero-order valence-electron chi connectivity index (χ0n) is 14.9. The summed E-state index contributed by atoms with van der Waals surface area (Å²) in [5.41, 5.74) is 0.825. The number of rotatable bonds is 5. The smallest absolute Gasteiger partial charge is 0.261 e. The van der Waals surface area contributed by atoms with Crippen molar-refractivity contribution in [2.24, 2.45) is 0 Å². The topological polar surface area (TPSA) is 72.7 Å². The number of halogens is 1. The Labute approximate surface area is 159 Å². The highest BCUT2D eigenvalue weighted by Crippen LogP contribution is 2.30. The number of hydrogen-bond acceptors (Lipinski definition) is 7. The van der Waals surface area contributed by atoms with E-state index in [1.54, 1.807) is 0 Å². The van der Waals surface area contributed by atoms with Crippen LogP contribution in [0.15, 0.2) is 28.8 Å². The number of piperazine rings is 1. The van der Waals surface area contributed by atoms with Crippen LogP contribution in [0.1, 0.15) is 24.7 Å². The minimum atomic E-state index is 0. The van der Waals surface area contributed by atoms with Gasteiger partial charge in [0.15, 0.2) is 5.82 Å². The van der Waals surface area contributed by atoms with Crippen molar-refractivity contribution in [2.45, 2.75) is 25.0 Å². The molecule has 3 heterocycles. The second kappa shape index (κ2) is 8.81. The summed E-state index contributed by atoms with van der Waals surface area (Å²) in [7, 11) is 2.08. The predicted octanol–water partition coefficient (Wildman–Crippen LogP) is 2.29. The largest absolute Gasteiger partial charge is 0.490 e. The summed E-state index contributed by atoms with van der Waals surface area (Å²) in [5, 5.41) is 7.57. The Kier molecular flexibility index (Phi) is 6.48. The van der Waals surface area contributed by atoms with Crippen molar-refractivity contribution in [2.75, 3.05) is 39.9 Å². The van der Waals surface area contributed by atoms with Crippen molar-refractivity contribution in [1.82, 2.24) is 20.4 Å². The molecule has 0 aliphatic carbocycles. The lowest BCUT2D eigenvalue weighted by molar-refractivity contribution is 0.0681. The monoisotopic (exact) mass is 380 g/mol. The highest BCUT2D eigenvalue weighted by molar-refractivity contribution is 5.85. The van der Waals surface area contributed by atoms with E-state index in [-0.39, 0.29) is 24.6 Å². The molecule has 26 heavy (non-hydrogen) atoms. The van der Waals surface area contributed by atoms with Gasteiger partial charge in [-0.1, -0.05) is 17.3 Å². The van der Waals surface area contributed by atoms with Gasteiger partial charge in [0.1, 0.15) is 12.4 Å². The number of hydrogen-bond donors (Lipinski definition) is 1. The molecular weight excluding hydrogens is 356 g/mol. The lowest BCUT2D eigenvalue weighted by Gasteiger charge is -2.30. The first-order chi connectivity index (χ1) is 12.3. The molecule has 1 N–H and O–H groups in total. The molecule has 0 saturated carbocycles. The quantitative estimate of drug-likeness (QED) is 0.853. The molecule has 2 unspecified atom stereocenters. The van der Waals surface area contributed by atoms with Gasteiger partial charge in [0.2, 0.25) is 0 Å². The van der Waals surface area contributed by atoms with Gasteiger partial charge >= 0.3 is 0 Å². The van der Waals surface area contributed by atoms with E-state index in [0.717, 1.165) is 50.4 Å². The van der Waals surface area contributed by atoms with E-state index in [2.05, 4.69) is 27.4 Å². The maximum atomic E-state index is 5.98. The fourth-order valence-electron chi connectivity index (χ4n) is 3.30. The number of aromatic nitrogens is 2. The van der Waals surface area contributed by atoms with Gasteiger partial charge in [-0.2, -0.15) is 4.98 Å². The average Bonchev–Trinajstić information content (AvgIpc) is 3.33. The highest BCUT2D eigenvalue weighted by Gasteiger charge is 2.26. The Bertz CT molecular complexity index is 705. The molecule has 2 atom stereocenters. The van der Waals surface area contributed by atoms with Gasteiger partial charge in [0.25, 0.3) is 5.89 Å². The zero-order chi connectivity index (χ0) is 17.1. The van der Waals surface area contributed by atoms with Crippen LogP contribution in [0.25, 0.3) is 11.5 Å². The van der Waals surface area contributed by atoms with Crippen LogP contribution in [0.4, 0.5) is 0 Å². The second-order valence-corrected chi connectivity index (χ2v) is 6.60. The Morgan fingerprint density at radius 3 is 3.04 bits per heavy atom. The molecule has 2 aliphatic heterocycles. The van der Waals surface area contributed by atoms with Crippen LogP contribution in [-0.4, -0.2) is 61.0 Å². The minimum absolute atomic E-state index is 0. The highest BCUT2D eigenvalue weighted by atomic mass is 35.5. The number of likely N-dealkylation sites (N-methyl/N-ethyl adjacent to an activating group) is 1. The molecule has 1 aromatic heterocycles. The molecule has 4 rings (SSSR count). The van der Waals surface area contributed by atoms with Gasteiger partial charge in [0.05, 0.1) is 17.7 Å². The summed E-state index contributed by atoms with van der Waals surface area (Å²) in [5.74, 6) is 1.96. The molecule has 2 saturated heterocycles. The summed E-state index contributed by atoms with van der Waals surface area (Å²) in [6, 6.07) is 7.91. The van der Waals surface area contributed by atoms with Crippen LogP contribution >= 0.6 is 12.4 Å². The van der Waals surface area contributed by atoms with Gasteiger partial charge < -0.3 is 19.3 Å². The molecule has 2 aliphatic rings. The average molecular weight is 381 g/mol. The normalized spacial score (nSPS) is 23.6. The minimum Gasteiger partial charge on any atom is -0.490 e. The van der Waals surface area contributed by atoms with Crippen molar-refractivity contribution in [3.63, 3.8) is 0 Å². The maximum Gasteiger partial charge on any atom is 0.261 e. The van der Waals surface area contributed by atoms with Crippen LogP contribution in [0.3, 0.4) is 0 Å².